The zero-order valence-electron chi connectivity index (χ0n) is 14.9. The Balaban J connectivity index is 1.92. The molecule has 140 valence electrons. The highest BCUT2D eigenvalue weighted by Crippen LogP contribution is 2.16. The van der Waals surface area contributed by atoms with E-state index in [0.29, 0.717) is 18.8 Å². The van der Waals surface area contributed by atoms with Crippen LogP contribution >= 0.6 is 0 Å². The van der Waals surface area contributed by atoms with Crippen molar-refractivity contribution in [2.45, 2.75) is 20.0 Å². The monoisotopic (exact) mass is 361 g/mol. The molecule has 0 spiro atoms. The Hall–Kier alpha value is -2.80. The van der Waals surface area contributed by atoms with Crippen molar-refractivity contribution in [2.75, 3.05) is 20.3 Å². The minimum absolute atomic E-state index is 0.00168. The molecule has 1 atom stereocenters. The predicted octanol–water partition coefficient (Wildman–Crippen LogP) is 2.50. The SMILES string of the molecule is CCOc1ccc(CC(CNC(=O)c2ccc(COC)o2)C(=O)O)cc1. The van der Waals surface area contributed by atoms with Crippen LogP contribution in [0.1, 0.15) is 28.8 Å². The van der Waals surface area contributed by atoms with Gasteiger partial charge in [0.25, 0.3) is 5.91 Å². The van der Waals surface area contributed by atoms with E-state index in [4.69, 9.17) is 13.9 Å². The third-order valence-electron chi connectivity index (χ3n) is 3.75. The Kier molecular flexibility index (Phi) is 7.23. The highest BCUT2D eigenvalue weighted by atomic mass is 16.5. The molecule has 0 aliphatic rings. The van der Waals surface area contributed by atoms with Crippen molar-refractivity contribution in [3.8, 4) is 5.75 Å². The molecule has 1 heterocycles. The second kappa shape index (κ2) is 9.62. The van der Waals surface area contributed by atoms with Gasteiger partial charge in [-0.1, -0.05) is 12.1 Å². The fourth-order valence-electron chi connectivity index (χ4n) is 2.44. The molecule has 0 aliphatic heterocycles. The second-order valence-corrected chi connectivity index (χ2v) is 5.73. The lowest BCUT2D eigenvalue weighted by Gasteiger charge is -2.13. The molecular formula is C19H23NO6. The van der Waals surface area contributed by atoms with Crippen LogP contribution < -0.4 is 10.1 Å². The number of benzene rings is 1. The number of carbonyl (C=O) groups is 2. The number of carboxylic acid groups (broad SMARTS) is 1. The van der Waals surface area contributed by atoms with Crippen LogP contribution in [0.5, 0.6) is 5.75 Å². The molecule has 0 radical (unpaired) electrons. The fraction of sp³-hybridized carbons (Fsp3) is 0.368. The Morgan fingerprint density at radius 2 is 1.92 bits per heavy atom. The average molecular weight is 361 g/mol. The molecule has 0 bridgehead atoms. The van der Waals surface area contributed by atoms with Crippen molar-refractivity contribution in [3.63, 3.8) is 0 Å². The Morgan fingerprint density at radius 1 is 1.19 bits per heavy atom. The highest BCUT2D eigenvalue weighted by molar-refractivity contribution is 5.91. The number of nitrogens with one attached hydrogen (secondary N) is 1. The summed E-state index contributed by atoms with van der Waals surface area (Å²) >= 11 is 0. The Bertz CT molecular complexity index is 722. The molecule has 0 saturated heterocycles. The molecular weight excluding hydrogens is 338 g/mol. The number of hydrogen-bond donors (Lipinski definition) is 2. The van der Waals surface area contributed by atoms with E-state index < -0.39 is 17.8 Å². The lowest BCUT2D eigenvalue weighted by molar-refractivity contribution is -0.141. The first-order valence-electron chi connectivity index (χ1n) is 8.33. The molecule has 1 amide bonds. The number of amides is 1. The molecule has 1 aromatic heterocycles. The number of aliphatic carboxylic acids is 1. The van der Waals surface area contributed by atoms with E-state index in [1.165, 1.54) is 13.2 Å². The van der Waals surface area contributed by atoms with Gasteiger partial charge in [-0.25, -0.2) is 0 Å². The summed E-state index contributed by atoms with van der Waals surface area (Å²) in [7, 11) is 1.53. The number of hydrogen-bond acceptors (Lipinski definition) is 5. The first-order valence-corrected chi connectivity index (χ1v) is 8.33. The maximum atomic E-state index is 12.1. The van der Waals surface area contributed by atoms with Gasteiger partial charge in [-0.05, 0) is 43.2 Å². The summed E-state index contributed by atoms with van der Waals surface area (Å²) in [6.45, 7) is 2.74. The minimum Gasteiger partial charge on any atom is -0.494 e. The molecule has 2 rings (SSSR count). The molecule has 0 fully saturated rings. The predicted molar refractivity (Wildman–Crippen MR) is 94.2 cm³/mol. The number of ether oxygens (including phenoxy) is 2. The number of rotatable bonds is 10. The third-order valence-corrected chi connectivity index (χ3v) is 3.75. The van der Waals surface area contributed by atoms with Crippen LogP contribution in [0.25, 0.3) is 0 Å². The Morgan fingerprint density at radius 3 is 2.54 bits per heavy atom. The molecule has 7 nitrogen and oxygen atoms in total. The van der Waals surface area contributed by atoms with Crippen molar-refractivity contribution in [2.24, 2.45) is 5.92 Å². The van der Waals surface area contributed by atoms with Crippen molar-refractivity contribution in [3.05, 3.63) is 53.5 Å². The van der Waals surface area contributed by atoms with Crippen LogP contribution in [0.2, 0.25) is 0 Å². The van der Waals surface area contributed by atoms with Gasteiger partial charge in [0.05, 0.1) is 12.5 Å². The van der Waals surface area contributed by atoms with Crippen molar-refractivity contribution in [1.29, 1.82) is 0 Å². The van der Waals surface area contributed by atoms with Gasteiger partial charge < -0.3 is 24.3 Å². The summed E-state index contributed by atoms with van der Waals surface area (Å²) in [6, 6.07) is 10.4. The average Bonchev–Trinajstić information content (AvgIpc) is 3.09. The van der Waals surface area contributed by atoms with Gasteiger partial charge >= 0.3 is 5.97 Å². The lowest BCUT2D eigenvalue weighted by atomic mass is 9.99. The van der Waals surface area contributed by atoms with E-state index in [2.05, 4.69) is 5.32 Å². The van der Waals surface area contributed by atoms with E-state index in [9.17, 15) is 14.7 Å². The molecule has 1 aromatic carbocycles. The van der Waals surface area contributed by atoms with Gasteiger partial charge in [0.15, 0.2) is 5.76 Å². The van der Waals surface area contributed by atoms with Crippen LogP contribution in [-0.2, 0) is 22.6 Å². The van der Waals surface area contributed by atoms with Gasteiger partial charge in [-0.3, -0.25) is 9.59 Å². The smallest absolute Gasteiger partial charge is 0.308 e. The van der Waals surface area contributed by atoms with Gasteiger partial charge in [0, 0.05) is 13.7 Å². The van der Waals surface area contributed by atoms with Crippen LogP contribution in [-0.4, -0.2) is 37.2 Å². The van der Waals surface area contributed by atoms with Gasteiger partial charge in [-0.2, -0.15) is 0 Å². The molecule has 7 heteroatoms. The standard InChI is InChI=1S/C19H23NO6/c1-3-25-15-6-4-13(5-7-15)10-14(19(22)23)11-20-18(21)17-9-8-16(26-17)12-24-2/h4-9,14H,3,10-12H2,1-2H3,(H,20,21)(H,22,23). The van der Waals surface area contributed by atoms with Crippen LogP contribution in [0, 0.1) is 5.92 Å². The zero-order chi connectivity index (χ0) is 18.9. The van der Waals surface area contributed by atoms with Crippen molar-refractivity contribution < 1.29 is 28.6 Å². The summed E-state index contributed by atoms with van der Waals surface area (Å²) in [5.41, 5.74) is 0.857. The van der Waals surface area contributed by atoms with Gasteiger partial charge in [0.2, 0.25) is 0 Å². The van der Waals surface area contributed by atoms with Crippen LogP contribution in [0.15, 0.2) is 40.8 Å². The van der Waals surface area contributed by atoms with Crippen LogP contribution in [0.4, 0.5) is 0 Å². The van der Waals surface area contributed by atoms with E-state index >= 15 is 0 Å². The van der Waals surface area contributed by atoms with Crippen molar-refractivity contribution >= 4 is 11.9 Å². The molecule has 0 saturated carbocycles. The number of carbonyl (C=O) groups excluding carboxylic acids is 1. The van der Waals surface area contributed by atoms with Gasteiger partial charge in [0.1, 0.15) is 18.1 Å². The fourth-order valence-corrected chi connectivity index (χ4v) is 2.44. The molecule has 2 N–H and O–H groups in total. The summed E-state index contributed by atoms with van der Waals surface area (Å²) in [4.78, 5) is 23.6. The summed E-state index contributed by atoms with van der Waals surface area (Å²) < 4.78 is 15.6. The zero-order valence-corrected chi connectivity index (χ0v) is 14.9. The lowest BCUT2D eigenvalue weighted by Crippen LogP contribution is -2.33. The second-order valence-electron chi connectivity index (χ2n) is 5.73. The number of carboxylic acids is 1. The van der Waals surface area contributed by atoms with Crippen molar-refractivity contribution in [1.82, 2.24) is 5.32 Å². The topological polar surface area (TPSA) is 98.0 Å². The minimum atomic E-state index is -0.973. The number of furan rings is 1. The molecule has 1 unspecified atom stereocenters. The maximum absolute atomic E-state index is 12.1. The van der Waals surface area contributed by atoms with Gasteiger partial charge in [-0.15, -0.1) is 0 Å². The molecule has 2 aromatic rings. The Labute approximate surface area is 151 Å². The molecule has 0 aliphatic carbocycles. The van der Waals surface area contributed by atoms with E-state index in [-0.39, 0.29) is 18.9 Å². The van der Waals surface area contributed by atoms with E-state index in [1.807, 2.05) is 19.1 Å². The first kappa shape index (κ1) is 19.5. The summed E-state index contributed by atoms with van der Waals surface area (Å²) in [6.07, 6.45) is 0.301. The first-order chi connectivity index (χ1) is 12.5. The molecule has 26 heavy (non-hydrogen) atoms. The quantitative estimate of drug-likeness (QED) is 0.675. The van der Waals surface area contributed by atoms with E-state index in [0.717, 1.165) is 11.3 Å². The normalized spacial score (nSPS) is 11.8. The third kappa shape index (κ3) is 5.63. The van der Waals surface area contributed by atoms with E-state index in [1.54, 1.807) is 18.2 Å². The summed E-state index contributed by atoms with van der Waals surface area (Å²) in [5, 5.41) is 12.0. The highest BCUT2D eigenvalue weighted by Gasteiger charge is 2.20. The maximum Gasteiger partial charge on any atom is 0.308 e. The van der Waals surface area contributed by atoms with Crippen LogP contribution in [0.3, 0.4) is 0 Å². The summed E-state index contributed by atoms with van der Waals surface area (Å²) in [5.74, 6) is -0.778. The number of methoxy groups -OCH3 is 1. The largest absolute Gasteiger partial charge is 0.494 e.